The summed E-state index contributed by atoms with van der Waals surface area (Å²) in [6, 6.07) is 4.96. The molecule has 0 bridgehead atoms. The van der Waals surface area contributed by atoms with Crippen LogP contribution in [0.3, 0.4) is 0 Å². The predicted octanol–water partition coefficient (Wildman–Crippen LogP) is 2.02. The van der Waals surface area contributed by atoms with Gasteiger partial charge in [-0.1, -0.05) is 0 Å². The van der Waals surface area contributed by atoms with Gasteiger partial charge in [-0.2, -0.15) is 0 Å². The molecule has 0 radical (unpaired) electrons. The molecule has 1 N–H and O–H groups in total. The monoisotopic (exact) mass is 263 g/mol. The molecule has 1 saturated heterocycles. The highest BCUT2D eigenvalue weighted by Gasteiger charge is 2.24. The second kappa shape index (κ2) is 5.84. The van der Waals surface area contributed by atoms with E-state index in [-0.39, 0.29) is 11.7 Å². The van der Waals surface area contributed by atoms with Gasteiger partial charge in [0.2, 0.25) is 0 Å². The molecule has 1 amide bonds. The minimum atomic E-state index is -0.411. The van der Waals surface area contributed by atoms with Crippen LogP contribution in [-0.4, -0.2) is 31.5 Å². The third-order valence-corrected chi connectivity index (χ3v) is 3.09. The van der Waals surface area contributed by atoms with Crippen LogP contribution in [0.25, 0.3) is 0 Å². The van der Waals surface area contributed by atoms with Crippen LogP contribution < -0.4 is 10.1 Å². The lowest BCUT2D eigenvalue weighted by atomic mass is 10.1. The average molecular weight is 263 g/mol. The molecule has 0 aliphatic carbocycles. The molecule has 1 unspecified atom stereocenters. The van der Waals surface area contributed by atoms with Gasteiger partial charge in [-0.25, -0.2) is 0 Å². The Morgan fingerprint density at radius 1 is 1.42 bits per heavy atom. The molecular weight excluding hydrogens is 246 g/mol. The Morgan fingerprint density at radius 2 is 2.21 bits per heavy atom. The first-order valence-electron chi connectivity index (χ1n) is 6.23. The number of Topliss-reactive ketones (excluding diaryl/α,β-unsaturated/α-hetero) is 1. The highest BCUT2D eigenvalue weighted by molar-refractivity contribution is 5.99. The van der Waals surface area contributed by atoms with Crippen LogP contribution in [0.5, 0.6) is 5.75 Å². The van der Waals surface area contributed by atoms with Crippen LogP contribution in [0.2, 0.25) is 0 Å². The van der Waals surface area contributed by atoms with E-state index >= 15 is 0 Å². The van der Waals surface area contributed by atoms with Gasteiger partial charge in [-0.3, -0.25) is 9.59 Å². The summed E-state index contributed by atoms with van der Waals surface area (Å²) >= 11 is 0. The Bertz CT molecular complexity index is 492. The van der Waals surface area contributed by atoms with E-state index in [0.717, 1.165) is 12.8 Å². The molecule has 0 aromatic heterocycles. The Kier molecular flexibility index (Phi) is 4.16. The highest BCUT2D eigenvalue weighted by atomic mass is 16.5. The summed E-state index contributed by atoms with van der Waals surface area (Å²) in [4.78, 5) is 23.3. The largest absolute Gasteiger partial charge is 0.495 e. The molecule has 1 fully saturated rings. The molecule has 1 atom stereocenters. The average Bonchev–Trinajstić information content (AvgIpc) is 2.92. The number of ketones is 1. The van der Waals surface area contributed by atoms with Gasteiger partial charge in [0.1, 0.15) is 11.9 Å². The Morgan fingerprint density at radius 3 is 2.79 bits per heavy atom. The second-order valence-corrected chi connectivity index (χ2v) is 4.46. The number of nitrogens with one attached hydrogen (secondary N) is 1. The summed E-state index contributed by atoms with van der Waals surface area (Å²) in [7, 11) is 1.52. The predicted molar refractivity (Wildman–Crippen MR) is 70.6 cm³/mol. The molecule has 2 rings (SSSR count). The van der Waals surface area contributed by atoms with Crippen LogP contribution in [0.15, 0.2) is 18.2 Å². The fourth-order valence-corrected chi connectivity index (χ4v) is 2.02. The summed E-state index contributed by atoms with van der Waals surface area (Å²) in [5, 5.41) is 2.76. The van der Waals surface area contributed by atoms with Gasteiger partial charge in [0.15, 0.2) is 5.78 Å². The van der Waals surface area contributed by atoms with Crippen LogP contribution in [0, 0.1) is 0 Å². The minimum Gasteiger partial charge on any atom is -0.495 e. The van der Waals surface area contributed by atoms with E-state index in [9.17, 15) is 9.59 Å². The number of benzene rings is 1. The quantitative estimate of drug-likeness (QED) is 0.844. The highest BCUT2D eigenvalue weighted by Crippen LogP contribution is 2.26. The zero-order valence-corrected chi connectivity index (χ0v) is 11.1. The standard InChI is InChI=1S/C14H17NO4/c1-9(16)10-5-6-12(18-2)11(8-10)15-14(17)13-4-3-7-19-13/h5-6,8,13H,3-4,7H2,1-2H3,(H,15,17). The zero-order valence-electron chi connectivity index (χ0n) is 11.1. The van der Waals surface area contributed by atoms with Crippen molar-refractivity contribution in [1.29, 1.82) is 0 Å². The normalized spacial score (nSPS) is 18.1. The van der Waals surface area contributed by atoms with Crippen molar-refractivity contribution in [2.75, 3.05) is 19.0 Å². The first-order chi connectivity index (χ1) is 9.11. The maximum atomic E-state index is 12.0. The third-order valence-electron chi connectivity index (χ3n) is 3.09. The number of carbonyl (C=O) groups excluding carboxylic acids is 2. The number of hydrogen-bond donors (Lipinski definition) is 1. The SMILES string of the molecule is COc1ccc(C(C)=O)cc1NC(=O)C1CCCO1. The molecule has 19 heavy (non-hydrogen) atoms. The van der Waals surface area contributed by atoms with Crippen molar-refractivity contribution in [2.24, 2.45) is 0 Å². The number of amides is 1. The first-order valence-corrected chi connectivity index (χ1v) is 6.23. The van der Waals surface area contributed by atoms with Crippen molar-refractivity contribution in [3.05, 3.63) is 23.8 Å². The number of ether oxygens (including phenoxy) is 2. The molecule has 1 heterocycles. The number of carbonyl (C=O) groups is 2. The lowest BCUT2D eigenvalue weighted by Crippen LogP contribution is -2.27. The van der Waals surface area contributed by atoms with E-state index in [2.05, 4.69) is 5.32 Å². The van der Waals surface area contributed by atoms with Gasteiger partial charge < -0.3 is 14.8 Å². The summed E-state index contributed by atoms with van der Waals surface area (Å²) in [5.74, 6) is 0.267. The van der Waals surface area contributed by atoms with E-state index in [4.69, 9.17) is 9.47 Å². The van der Waals surface area contributed by atoms with Gasteiger partial charge >= 0.3 is 0 Å². The topological polar surface area (TPSA) is 64.6 Å². The summed E-state index contributed by atoms with van der Waals surface area (Å²) in [6.07, 6.45) is 1.20. The van der Waals surface area contributed by atoms with Crippen LogP contribution in [-0.2, 0) is 9.53 Å². The van der Waals surface area contributed by atoms with E-state index in [0.29, 0.717) is 23.6 Å². The van der Waals surface area contributed by atoms with Crippen LogP contribution in [0.4, 0.5) is 5.69 Å². The smallest absolute Gasteiger partial charge is 0.253 e. The van der Waals surface area contributed by atoms with Gasteiger partial charge in [-0.15, -0.1) is 0 Å². The number of hydrogen-bond acceptors (Lipinski definition) is 4. The molecule has 0 saturated carbocycles. The van der Waals surface area contributed by atoms with Crippen molar-refractivity contribution in [1.82, 2.24) is 0 Å². The van der Waals surface area contributed by atoms with Crippen LogP contribution in [0.1, 0.15) is 30.1 Å². The zero-order chi connectivity index (χ0) is 13.8. The molecule has 102 valence electrons. The second-order valence-electron chi connectivity index (χ2n) is 4.46. The van der Waals surface area contributed by atoms with Crippen molar-refractivity contribution in [3.8, 4) is 5.75 Å². The molecule has 1 aromatic rings. The maximum Gasteiger partial charge on any atom is 0.253 e. The van der Waals surface area contributed by atoms with E-state index < -0.39 is 6.10 Å². The van der Waals surface area contributed by atoms with Crippen molar-refractivity contribution >= 4 is 17.4 Å². The molecule has 5 nitrogen and oxygen atoms in total. The number of rotatable bonds is 4. The first kappa shape index (κ1) is 13.5. The Balaban J connectivity index is 2.19. The molecule has 5 heteroatoms. The third kappa shape index (κ3) is 3.12. The van der Waals surface area contributed by atoms with Gasteiger partial charge in [0.05, 0.1) is 12.8 Å². The summed E-state index contributed by atoms with van der Waals surface area (Å²) < 4.78 is 10.5. The Labute approximate surface area is 111 Å². The number of methoxy groups -OCH3 is 1. The molecule has 1 aliphatic heterocycles. The summed E-state index contributed by atoms with van der Waals surface area (Å²) in [6.45, 7) is 2.09. The molecule has 0 spiro atoms. The van der Waals surface area contributed by atoms with Crippen molar-refractivity contribution < 1.29 is 19.1 Å². The van der Waals surface area contributed by atoms with Gasteiger partial charge in [-0.05, 0) is 38.0 Å². The molecule has 1 aromatic carbocycles. The van der Waals surface area contributed by atoms with Gasteiger partial charge in [0, 0.05) is 12.2 Å². The van der Waals surface area contributed by atoms with Crippen LogP contribution >= 0.6 is 0 Å². The fraction of sp³-hybridized carbons (Fsp3) is 0.429. The van der Waals surface area contributed by atoms with Crippen molar-refractivity contribution in [2.45, 2.75) is 25.9 Å². The minimum absolute atomic E-state index is 0.0599. The van der Waals surface area contributed by atoms with Crippen molar-refractivity contribution in [3.63, 3.8) is 0 Å². The maximum absolute atomic E-state index is 12.0. The van der Waals surface area contributed by atoms with E-state index in [1.165, 1.54) is 14.0 Å². The van der Waals surface area contributed by atoms with E-state index in [1.54, 1.807) is 18.2 Å². The fourth-order valence-electron chi connectivity index (χ4n) is 2.02. The van der Waals surface area contributed by atoms with E-state index in [1.807, 2.05) is 0 Å². The Hall–Kier alpha value is -1.88. The lowest BCUT2D eigenvalue weighted by Gasteiger charge is -2.14. The summed E-state index contributed by atoms with van der Waals surface area (Å²) in [5.41, 5.74) is 1.03. The molecular formula is C14H17NO4. The molecule has 1 aliphatic rings. The lowest BCUT2D eigenvalue weighted by molar-refractivity contribution is -0.124. The van der Waals surface area contributed by atoms with Gasteiger partial charge in [0.25, 0.3) is 5.91 Å². The number of anilines is 1.